The first-order chi connectivity index (χ1) is 12.6. The zero-order valence-corrected chi connectivity index (χ0v) is 16.9. The van der Waals surface area contributed by atoms with Crippen LogP contribution in [0.3, 0.4) is 0 Å². The van der Waals surface area contributed by atoms with Crippen LogP contribution in [0.15, 0.2) is 18.2 Å². The summed E-state index contributed by atoms with van der Waals surface area (Å²) in [4.78, 5) is 28.2. The highest BCUT2D eigenvalue weighted by atomic mass is 16.6. The molecular weight excluding hydrogens is 350 g/mol. The van der Waals surface area contributed by atoms with Gasteiger partial charge in [-0.2, -0.15) is 0 Å². The molecule has 0 spiro atoms. The number of ether oxygens (including phenoxy) is 3. The fourth-order valence-electron chi connectivity index (χ4n) is 2.44. The molecule has 0 aromatic heterocycles. The third-order valence-electron chi connectivity index (χ3n) is 3.82. The van der Waals surface area contributed by atoms with Gasteiger partial charge in [0.05, 0.1) is 5.69 Å². The molecule has 1 aliphatic heterocycles. The molecule has 2 rings (SSSR count). The van der Waals surface area contributed by atoms with Gasteiger partial charge in [0.25, 0.3) is 5.91 Å². The number of likely N-dealkylation sites (N-methyl/N-ethyl adjacent to an activating group) is 2. The fraction of sp³-hybridized carbons (Fsp3) is 0.579. The number of carbonyl (C=O) groups excluding carboxylic acids is 2. The van der Waals surface area contributed by atoms with Crippen molar-refractivity contribution in [3.8, 4) is 11.5 Å². The number of carbonyl (C=O) groups is 2. The Bertz CT molecular complexity index is 684. The molecule has 2 amide bonds. The third-order valence-corrected chi connectivity index (χ3v) is 3.82. The van der Waals surface area contributed by atoms with E-state index in [1.165, 1.54) is 4.90 Å². The first-order valence-corrected chi connectivity index (χ1v) is 8.87. The van der Waals surface area contributed by atoms with Crippen LogP contribution >= 0.6 is 0 Å². The Morgan fingerprint density at radius 2 is 2.07 bits per heavy atom. The molecule has 1 N–H and O–H groups in total. The highest BCUT2D eigenvalue weighted by Gasteiger charge is 2.33. The molecule has 1 aromatic carbocycles. The van der Waals surface area contributed by atoms with Crippen molar-refractivity contribution in [1.82, 2.24) is 10.2 Å². The predicted octanol–water partition coefficient (Wildman–Crippen LogP) is 1.88. The van der Waals surface area contributed by atoms with E-state index in [0.29, 0.717) is 23.8 Å². The maximum Gasteiger partial charge on any atom is 0.408 e. The highest BCUT2D eigenvalue weighted by molar-refractivity contribution is 5.99. The van der Waals surface area contributed by atoms with Crippen LogP contribution in [-0.4, -0.2) is 69.4 Å². The van der Waals surface area contributed by atoms with Crippen LogP contribution in [0, 0.1) is 0 Å². The van der Waals surface area contributed by atoms with E-state index in [1.807, 2.05) is 39.8 Å². The normalized spacial score (nSPS) is 17.1. The second-order valence-electron chi connectivity index (χ2n) is 7.76. The molecular formula is C19H29N3O5. The molecule has 0 bridgehead atoms. The summed E-state index contributed by atoms with van der Waals surface area (Å²) in [6.07, 6.45) is -1.68. The molecule has 0 radical (unpaired) electrons. The Morgan fingerprint density at radius 1 is 1.37 bits per heavy atom. The number of nitrogens with one attached hydrogen (secondary N) is 1. The Labute approximate surface area is 160 Å². The maximum absolute atomic E-state index is 12.7. The van der Waals surface area contributed by atoms with Gasteiger partial charge in [0.1, 0.15) is 24.7 Å². The van der Waals surface area contributed by atoms with Crippen LogP contribution < -0.4 is 19.7 Å². The number of hydrogen-bond acceptors (Lipinski definition) is 6. The monoisotopic (exact) mass is 379 g/mol. The van der Waals surface area contributed by atoms with Gasteiger partial charge in [-0.25, -0.2) is 4.79 Å². The summed E-state index contributed by atoms with van der Waals surface area (Å²) in [6, 6.07) is 5.29. The van der Waals surface area contributed by atoms with E-state index in [9.17, 15) is 9.59 Å². The largest absolute Gasteiger partial charge is 0.492 e. The first-order valence-electron chi connectivity index (χ1n) is 8.87. The second-order valence-corrected chi connectivity index (χ2v) is 7.76. The summed E-state index contributed by atoms with van der Waals surface area (Å²) in [5.41, 5.74) is 0.115. The van der Waals surface area contributed by atoms with Crippen molar-refractivity contribution in [2.75, 3.05) is 45.8 Å². The van der Waals surface area contributed by atoms with Crippen LogP contribution in [-0.2, 0) is 9.53 Å². The van der Waals surface area contributed by atoms with E-state index in [1.54, 1.807) is 25.2 Å². The third kappa shape index (κ3) is 6.02. The molecule has 1 heterocycles. The lowest BCUT2D eigenvalue weighted by Gasteiger charge is -2.23. The lowest BCUT2D eigenvalue weighted by molar-refractivity contribution is -0.127. The van der Waals surface area contributed by atoms with Crippen LogP contribution in [0.2, 0.25) is 0 Å². The van der Waals surface area contributed by atoms with E-state index in [2.05, 4.69) is 5.32 Å². The molecule has 27 heavy (non-hydrogen) atoms. The van der Waals surface area contributed by atoms with E-state index in [0.717, 1.165) is 6.54 Å². The SMILES string of the molecule is CN(C)CCOc1ccc2c(c1)N(C)C(=O)[C@@H](OC(=O)NC(C)(C)C)CO2. The van der Waals surface area contributed by atoms with Gasteiger partial charge >= 0.3 is 6.09 Å². The molecule has 150 valence electrons. The van der Waals surface area contributed by atoms with Crippen molar-refractivity contribution in [2.24, 2.45) is 0 Å². The maximum atomic E-state index is 12.7. The van der Waals surface area contributed by atoms with Crippen molar-refractivity contribution in [3.63, 3.8) is 0 Å². The highest BCUT2D eigenvalue weighted by Crippen LogP contribution is 2.34. The summed E-state index contributed by atoms with van der Waals surface area (Å²) in [5, 5.41) is 2.67. The topological polar surface area (TPSA) is 80.3 Å². The summed E-state index contributed by atoms with van der Waals surface area (Å²) in [5.74, 6) is 0.820. The first kappa shape index (κ1) is 20.8. The van der Waals surface area contributed by atoms with Gasteiger partial charge in [0.2, 0.25) is 6.10 Å². The Hall–Kier alpha value is -2.48. The van der Waals surface area contributed by atoms with Crippen molar-refractivity contribution < 1.29 is 23.8 Å². The van der Waals surface area contributed by atoms with Gasteiger partial charge in [0.15, 0.2) is 0 Å². The number of alkyl carbamates (subject to hydrolysis) is 1. The molecule has 1 atom stereocenters. The van der Waals surface area contributed by atoms with Crippen LogP contribution in [0.1, 0.15) is 20.8 Å². The van der Waals surface area contributed by atoms with E-state index in [4.69, 9.17) is 14.2 Å². The van der Waals surface area contributed by atoms with Crippen LogP contribution in [0.5, 0.6) is 11.5 Å². The molecule has 0 saturated carbocycles. The number of benzene rings is 1. The number of amides is 2. The van der Waals surface area contributed by atoms with E-state index in [-0.39, 0.29) is 12.5 Å². The number of rotatable bonds is 5. The minimum Gasteiger partial charge on any atom is -0.492 e. The van der Waals surface area contributed by atoms with Crippen molar-refractivity contribution in [3.05, 3.63) is 18.2 Å². The van der Waals surface area contributed by atoms with Gasteiger partial charge in [-0.3, -0.25) is 4.79 Å². The van der Waals surface area contributed by atoms with Gasteiger partial charge in [-0.1, -0.05) is 0 Å². The van der Waals surface area contributed by atoms with Gasteiger partial charge in [0, 0.05) is 25.2 Å². The summed E-state index contributed by atoms with van der Waals surface area (Å²) in [7, 11) is 5.56. The van der Waals surface area contributed by atoms with Gasteiger partial charge < -0.3 is 29.3 Å². The minimum absolute atomic E-state index is 0.0471. The van der Waals surface area contributed by atoms with Gasteiger partial charge in [-0.05, 0) is 47.0 Å². The van der Waals surface area contributed by atoms with Crippen molar-refractivity contribution >= 4 is 17.7 Å². The molecule has 8 nitrogen and oxygen atoms in total. The molecule has 1 aromatic rings. The number of hydrogen-bond donors (Lipinski definition) is 1. The average molecular weight is 379 g/mol. The van der Waals surface area contributed by atoms with Crippen LogP contribution in [0.4, 0.5) is 10.5 Å². The average Bonchev–Trinajstić information content (AvgIpc) is 2.65. The van der Waals surface area contributed by atoms with Crippen molar-refractivity contribution in [1.29, 1.82) is 0 Å². The second kappa shape index (κ2) is 8.47. The number of fused-ring (bicyclic) bond motifs is 1. The number of anilines is 1. The predicted molar refractivity (Wildman–Crippen MR) is 103 cm³/mol. The lowest BCUT2D eigenvalue weighted by atomic mass is 10.1. The standard InChI is InChI=1S/C19H29N3O5/c1-19(2,3)20-18(24)27-16-12-26-15-8-7-13(25-10-9-21(4)5)11-14(15)22(6)17(16)23/h7-8,11,16H,9-10,12H2,1-6H3,(H,20,24)/t16-/m0/s1. The number of nitrogens with zero attached hydrogens (tertiary/aromatic N) is 2. The smallest absolute Gasteiger partial charge is 0.408 e. The zero-order chi connectivity index (χ0) is 20.2. The van der Waals surface area contributed by atoms with E-state index >= 15 is 0 Å². The fourth-order valence-corrected chi connectivity index (χ4v) is 2.44. The summed E-state index contributed by atoms with van der Waals surface area (Å²) in [6.45, 7) is 6.76. The minimum atomic E-state index is -1.03. The summed E-state index contributed by atoms with van der Waals surface area (Å²) < 4.78 is 16.7. The Kier molecular flexibility index (Phi) is 6.54. The molecule has 1 aliphatic rings. The van der Waals surface area contributed by atoms with Crippen LogP contribution in [0.25, 0.3) is 0 Å². The van der Waals surface area contributed by atoms with Gasteiger partial charge in [-0.15, -0.1) is 0 Å². The molecule has 0 aliphatic carbocycles. The zero-order valence-electron chi connectivity index (χ0n) is 16.9. The Morgan fingerprint density at radius 3 is 2.70 bits per heavy atom. The summed E-state index contributed by atoms with van der Waals surface area (Å²) >= 11 is 0. The quantitative estimate of drug-likeness (QED) is 0.841. The molecule has 0 saturated heterocycles. The molecule has 0 fully saturated rings. The molecule has 8 heteroatoms. The molecule has 0 unspecified atom stereocenters. The van der Waals surface area contributed by atoms with Crippen molar-refractivity contribution in [2.45, 2.75) is 32.4 Å². The van der Waals surface area contributed by atoms with E-state index < -0.39 is 17.7 Å². The lowest BCUT2D eigenvalue weighted by Crippen LogP contribution is -2.46. The Balaban J connectivity index is 2.08.